The average Bonchev–Trinajstić information content (AvgIpc) is 3.15. The number of carbonyl (C=O) groups excluding carboxylic acids is 1. The van der Waals surface area contributed by atoms with E-state index in [1.807, 2.05) is 6.92 Å². The predicted octanol–water partition coefficient (Wildman–Crippen LogP) is 6.00. The average molecular weight is 476 g/mol. The smallest absolute Gasteiger partial charge is 0.271 e. The van der Waals surface area contributed by atoms with Crippen LogP contribution in [0.5, 0.6) is 0 Å². The number of amides is 1. The minimum atomic E-state index is -0.283. The third-order valence-corrected chi connectivity index (χ3v) is 7.58. The van der Waals surface area contributed by atoms with Gasteiger partial charge in [0.1, 0.15) is 11.5 Å². The maximum atomic E-state index is 13.3. The molecule has 4 atom stereocenters. The van der Waals surface area contributed by atoms with Gasteiger partial charge in [-0.1, -0.05) is 25.8 Å². The molecule has 0 aliphatic heterocycles. The number of aryl methyl sites for hydroxylation is 1. The largest absolute Gasteiger partial charge is 0.348 e. The molecule has 2 N–H and O–H groups in total. The van der Waals surface area contributed by atoms with Gasteiger partial charge >= 0.3 is 0 Å². The Morgan fingerprint density at radius 2 is 2.09 bits per heavy atom. The van der Waals surface area contributed by atoms with Crippen molar-refractivity contribution in [3.63, 3.8) is 0 Å². The number of hydrogen-bond acceptors (Lipinski definition) is 5. The Balaban J connectivity index is 1.52. The first-order valence-electron chi connectivity index (χ1n) is 12.5. The van der Waals surface area contributed by atoms with Gasteiger partial charge in [0.2, 0.25) is 0 Å². The third-order valence-electron chi connectivity index (χ3n) is 7.58. The van der Waals surface area contributed by atoms with Crippen molar-refractivity contribution < 1.29 is 9.18 Å². The van der Waals surface area contributed by atoms with Crippen LogP contribution in [0.3, 0.4) is 0 Å². The molecule has 1 aromatic heterocycles. The summed E-state index contributed by atoms with van der Waals surface area (Å²) in [6.45, 7) is 6.29. The molecule has 1 fully saturated rings. The van der Waals surface area contributed by atoms with Crippen LogP contribution in [0, 0.1) is 35.4 Å². The van der Waals surface area contributed by atoms with Crippen molar-refractivity contribution in [2.45, 2.75) is 65.3 Å². The van der Waals surface area contributed by atoms with Gasteiger partial charge in [0.05, 0.1) is 17.6 Å². The summed E-state index contributed by atoms with van der Waals surface area (Å²) in [5, 5.41) is 11.3. The fourth-order valence-corrected chi connectivity index (χ4v) is 5.59. The quantitative estimate of drug-likeness (QED) is 0.459. The molecular weight excluding hydrogens is 441 g/mol. The number of hydrogen-bond donors (Lipinski definition) is 2. The van der Waals surface area contributed by atoms with Crippen LogP contribution in [0.15, 0.2) is 53.3 Å². The van der Waals surface area contributed by atoms with Crippen LogP contribution in [0.2, 0.25) is 0 Å². The van der Waals surface area contributed by atoms with Crippen molar-refractivity contribution in [3.8, 4) is 0 Å². The van der Waals surface area contributed by atoms with Gasteiger partial charge in [0, 0.05) is 30.1 Å². The van der Waals surface area contributed by atoms with Crippen LogP contribution in [0.25, 0.3) is 0 Å². The Kier molecular flexibility index (Phi) is 7.53. The zero-order chi connectivity index (χ0) is 25.0. The lowest BCUT2D eigenvalue weighted by molar-refractivity contribution is 0.0914. The van der Waals surface area contributed by atoms with Crippen molar-refractivity contribution >= 4 is 23.5 Å². The fourth-order valence-electron chi connectivity index (χ4n) is 5.59. The van der Waals surface area contributed by atoms with E-state index in [2.05, 4.69) is 35.2 Å². The molecular formula is C28H34FN5O. The molecule has 2 aliphatic carbocycles. The topological polar surface area (TPSA) is 91.1 Å². The second-order valence-electron chi connectivity index (χ2n) is 10.1. The first kappa shape index (κ1) is 24.9. The number of halogens is 1. The van der Waals surface area contributed by atoms with Crippen LogP contribution < -0.4 is 5.32 Å². The second-order valence-corrected chi connectivity index (χ2v) is 10.1. The summed E-state index contributed by atoms with van der Waals surface area (Å²) >= 11 is 0. The summed E-state index contributed by atoms with van der Waals surface area (Å²) < 4.78 is 13.3. The van der Waals surface area contributed by atoms with E-state index >= 15 is 0 Å². The number of rotatable bonds is 8. The molecule has 1 aromatic carbocycles. The second kappa shape index (κ2) is 10.6. The van der Waals surface area contributed by atoms with Crippen molar-refractivity contribution in [1.29, 1.82) is 5.41 Å². The van der Waals surface area contributed by atoms with Crippen molar-refractivity contribution in [1.82, 2.24) is 15.3 Å². The van der Waals surface area contributed by atoms with Crippen molar-refractivity contribution in [2.24, 2.45) is 22.2 Å². The number of benzene rings is 1. The van der Waals surface area contributed by atoms with E-state index < -0.39 is 0 Å². The highest BCUT2D eigenvalue weighted by Gasteiger charge is 2.47. The Bertz CT molecular complexity index is 1130. The molecule has 2 aromatic rings. The summed E-state index contributed by atoms with van der Waals surface area (Å²) in [6, 6.07) is 6.22. The summed E-state index contributed by atoms with van der Waals surface area (Å²) in [4.78, 5) is 26.0. The predicted molar refractivity (Wildman–Crippen MR) is 137 cm³/mol. The Labute approximate surface area is 206 Å². The molecule has 7 heteroatoms. The lowest BCUT2D eigenvalue weighted by Crippen LogP contribution is -2.40. The molecule has 4 rings (SSSR count). The highest BCUT2D eigenvalue weighted by Crippen LogP contribution is 2.55. The van der Waals surface area contributed by atoms with Crippen LogP contribution >= 0.6 is 0 Å². The molecule has 1 heterocycles. The molecule has 0 radical (unpaired) electrons. The number of aromatic nitrogens is 2. The Morgan fingerprint density at radius 3 is 2.74 bits per heavy atom. The molecule has 184 valence electrons. The molecule has 0 spiro atoms. The van der Waals surface area contributed by atoms with E-state index in [0.717, 1.165) is 49.9 Å². The summed E-state index contributed by atoms with van der Waals surface area (Å²) in [7, 11) is 0. The molecule has 1 saturated carbocycles. The van der Waals surface area contributed by atoms with Crippen LogP contribution in [-0.2, 0) is 0 Å². The molecule has 2 aliphatic rings. The molecule has 1 amide bonds. The molecule has 0 bridgehead atoms. The first-order valence-corrected chi connectivity index (χ1v) is 12.5. The van der Waals surface area contributed by atoms with Gasteiger partial charge < -0.3 is 10.7 Å². The molecule has 6 nitrogen and oxygen atoms in total. The number of carbonyl (C=O) groups is 1. The minimum absolute atomic E-state index is 0.0373. The van der Waals surface area contributed by atoms with Crippen LogP contribution in [0.4, 0.5) is 10.1 Å². The van der Waals surface area contributed by atoms with E-state index in [0.29, 0.717) is 17.3 Å². The summed E-state index contributed by atoms with van der Waals surface area (Å²) in [5.74, 6) is -0.139. The summed E-state index contributed by atoms with van der Waals surface area (Å²) in [5.41, 5.74) is 4.03. The fraction of sp³-hybridized carbons (Fsp3) is 0.464. The van der Waals surface area contributed by atoms with Gasteiger partial charge in [-0.25, -0.2) is 9.37 Å². The van der Waals surface area contributed by atoms with Crippen LogP contribution in [0.1, 0.15) is 68.6 Å². The minimum Gasteiger partial charge on any atom is -0.348 e. The van der Waals surface area contributed by atoms with E-state index in [-0.39, 0.29) is 29.1 Å². The Hall–Kier alpha value is -3.22. The Morgan fingerprint density at radius 1 is 1.31 bits per heavy atom. The van der Waals surface area contributed by atoms with E-state index in [4.69, 9.17) is 10.4 Å². The lowest BCUT2D eigenvalue weighted by atomic mass is 9.65. The number of nitrogens with zero attached hydrogens (tertiary/aromatic N) is 3. The van der Waals surface area contributed by atoms with E-state index in [1.54, 1.807) is 18.3 Å². The molecule has 35 heavy (non-hydrogen) atoms. The SMILES string of the molecule is CCCC(CC1CCC2=CC(=Nc3ccc(F)cc3)C(C=N)CC21C)NC(=O)c1cnc(C)cn1. The number of fused-ring (bicyclic) bond motifs is 1. The van der Waals surface area contributed by atoms with Crippen LogP contribution in [-0.4, -0.2) is 33.8 Å². The lowest BCUT2D eigenvalue weighted by Gasteiger charge is -2.40. The highest BCUT2D eigenvalue weighted by atomic mass is 19.1. The number of aliphatic imine (C=N–C) groups is 1. The van der Waals surface area contributed by atoms with Crippen molar-refractivity contribution in [3.05, 3.63) is 65.5 Å². The zero-order valence-electron chi connectivity index (χ0n) is 20.7. The van der Waals surface area contributed by atoms with Gasteiger partial charge in [-0.15, -0.1) is 0 Å². The maximum absolute atomic E-state index is 13.3. The first-order chi connectivity index (χ1) is 16.8. The van der Waals surface area contributed by atoms with Gasteiger partial charge in [-0.3, -0.25) is 14.8 Å². The zero-order valence-corrected chi connectivity index (χ0v) is 20.7. The van der Waals surface area contributed by atoms with Crippen molar-refractivity contribution in [2.75, 3.05) is 0 Å². The molecule has 4 unspecified atom stereocenters. The van der Waals surface area contributed by atoms with Gasteiger partial charge in [-0.2, -0.15) is 0 Å². The summed E-state index contributed by atoms with van der Waals surface area (Å²) in [6.07, 6.45) is 12.4. The van der Waals surface area contributed by atoms with Gasteiger partial charge in [-0.05, 0) is 80.7 Å². The van der Waals surface area contributed by atoms with E-state index in [9.17, 15) is 9.18 Å². The van der Waals surface area contributed by atoms with Gasteiger partial charge in [0.25, 0.3) is 5.91 Å². The third kappa shape index (κ3) is 5.55. The van der Waals surface area contributed by atoms with E-state index in [1.165, 1.54) is 30.1 Å². The van der Waals surface area contributed by atoms with Gasteiger partial charge in [0.15, 0.2) is 0 Å². The number of allylic oxidation sites excluding steroid dienone is 2. The highest BCUT2D eigenvalue weighted by molar-refractivity contribution is 6.08. The normalized spacial score (nSPS) is 25.6. The number of nitrogens with one attached hydrogen (secondary N) is 2. The standard InChI is InChI=1S/C28H34FN5O/c1-4-5-24(34-27(35)26-17-31-18(2)16-32-26)12-20-6-7-21-13-25(19(15-30)14-28(20,21)3)33-23-10-8-22(29)9-11-23/h8-11,13,15-17,19-20,24,30H,4-7,12,14H2,1-3H3,(H,34,35). The maximum Gasteiger partial charge on any atom is 0.271 e. The molecule has 0 saturated heterocycles. The monoisotopic (exact) mass is 475 g/mol.